The number of nitrogens with one attached hydrogen (secondary N) is 1. The van der Waals surface area contributed by atoms with Gasteiger partial charge >= 0.3 is 0 Å². The molecule has 0 aliphatic rings. The van der Waals surface area contributed by atoms with Crippen LogP contribution in [0, 0.1) is 0 Å². The molecule has 0 aliphatic heterocycles. The van der Waals surface area contributed by atoms with Gasteiger partial charge in [-0.05, 0) is 33.5 Å². The maximum atomic E-state index is 11.1. The van der Waals surface area contributed by atoms with Gasteiger partial charge in [-0.3, -0.25) is 4.79 Å². The molecule has 0 saturated heterocycles. The lowest BCUT2D eigenvalue weighted by Crippen LogP contribution is -2.26. The summed E-state index contributed by atoms with van der Waals surface area (Å²) in [5, 5.41) is 2.91. The fourth-order valence-corrected chi connectivity index (χ4v) is 1.05. The summed E-state index contributed by atoms with van der Waals surface area (Å²) in [6, 6.07) is 0. The summed E-state index contributed by atoms with van der Waals surface area (Å²) in [6.45, 7) is 3.94. The average molecular weight is 223 g/mol. The van der Waals surface area contributed by atoms with Crippen LogP contribution in [0.4, 0.5) is 0 Å². The van der Waals surface area contributed by atoms with E-state index in [1.165, 1.54) is 0 Å². The van der Waals surface area contributed by atoms with Crippen molar-refractivity contribution in [3.8, 4) is 0 Å². The van der Waals surface area contributed by atoms with Crippen LogP contribution in [0.15, 0.2) is 0 Å². The molecule has 0 fully saturated rings. The number of carbonyl (C=O) groups excluding carboxylic acids is 1. The molecule has 0 unspecified atom stereocenters. The van der Waals surface area contributed by atoms with Crippen molar-refractivity contribution in [2.24, 2.45) is 0 Å². The summed E-state index contributed by atoms with van der Waals surface area (Å²) in [5.41, 5.74) is 0. The second-order valence-corrected chi connectivity index (χ2v) is 3.61. The third-order valence-corrected chi connectivity index (χ3v) is 1.86. The smallest absolute Gasteiger partial charge is 0.219 e. The van der Waals surface area contributed by atoms with Gasteiger partial charge in [0.05, 0.1) is 0 Å². The number of rotatable bonds is 7. The van der Waals surface area contributed by atoms with E-state index in [4.69, 9.17) is 0 Å². The van der Waals surface area contributed by atoms with Crippen LogP contribution < -0.4 is 5.32 Å². The van der Waals surface area contributed by atoms with Gasteiger partial charge < -0.3 is 10.2 Å². The molecule has 3 nitrogen and oxygen atoms in total. The number of hydrogen-bond donors (Lipinski definition) is 1. The van der Waals surface area contributed by atoms with Crippen LogP contribution in [0.2, 0.25) is 0 Å². The first-order chi connectivity index (χ1) is 6.16. The standard InChI is InChI=1S/C10H22N2O.ClH/c1-4-5-7-10(13)11-8-6-9-12(2)3;/h4-9H2,1-3H3,(H,11,13);1H. The summed E-state index contributed by atoms with van der Waals surface area (Å²) in [5.74, 6) is 0.195. The Morgan fingerprint density at radius 3 is 2.43 bits per heavy atom. The summed E-state index contributed by atoms with van der Waals surface area (Å²) in [7, 11) is 4.08. The highest BCUT2D eigenvalue weighted by Gasteiger charge is 1.98. The number of amides is 1. The zero-order valence-electron chi connectivity index (χ0n) is 9.51. The maximum absolute atomic E-state index is 11.1. The van der Waals surface area contributed by atoms with E-state index >= 15 is 0 Å². The minimum atomic E-state index is 0. The fraction of sp³-hybridized carbons (Fsp3) is 0.900. The Kier molecular flexibility index (Phi) is 12.5. The maximum Gasteiger partial charge on any atom is 0.219 e. The number of hydrogen-bond acceptors (Lipinski definition) is 2. The van der Waals surface area contributed by atoms with Crippen molar-refractivity contribution in [3.05, 3.63) is 0 Å². The van der Waals surface area contributed by atoms with Crippen LogP contribution in [-0.4, -0.2) is 38.0 Å². The quantitative estimate of drug-likeness (QED) is 0.665. The van der Waals surface area contributed by atoms with Crippen LogP contribution in [0.25, 0.3) is 0 Å². The molecule has 0 aromatic heterocycles. The third-order valence-electron chi connectivity index (χ3n) is 1.86. The largest absolute Gasteiger partial charge is 0.356 e. The topological polar surface area (TPSA) is 32.3 Å². The van der Waals surface area contributed by atoms with Gasteiger partial charge in [0, 0.05) is 13.0 Å². The highest BCUT2D eigenvalue weighted by atomic mass is 35.5. The normalized spacial score (nSPS) is 9.71. The molecule has 0 saturated carbocycles. The molecule has 0 aliphatic carbocycles. The number of carbonyl (C=O) groups is 1. The van der Waals surface area contributed by atoms with Gasteiger partial charge in [-0.15, -0.1) is 12.4 Å². The molecule has 86 valence electrons. The first-order valence-corrected chi connectivity index (χ1v) is 5.08. The van der Waals surface area contributed by atoms with Crippen LogP contribution in [0.3, 0.4) is 0 Å². The van der Waals surface area contributed by atoms with Crippen LogP contribution >= 0.6 is 12.4 Å². The van der Waals surface area contributed by atoms with E-state index < -0.39 is 0 Å². The van der Waals surface area contributed by atoms with E-state index in [1.807, 2.05) is 14.1 Å². The molecule has 0 heterocycles. The molecule has 1 amide bonds. The van der Waals surface area contributed by atoms with Gasteiger partial charge in [-0.2, -0.15) is 0 Å². The summed E-state index contributed by atoms with van der Waals surface area (Å²) >= 11 is 0. The molecule has 14 heavy (non-hydrogen) atoms. The zero-order valence-corrected chi connectivity index (χ0v) is 10.3. The molecule has 1 N–H and O–H groups in total. The molecular formula is C10H23ClN2O. The van der Waals surface area contributed by atoms with Gasteiger partial charge in [-0.1, -0.05) is 13.3 Å². The molecule has 0 aromatic carbocycles. The molecule has 0 rings (SSSR count). The molecule has 0 bridgehead atoms. The van der Waals surface area contributed by atoms with Crippen LogP contribution in [0.5, 0.6) is 0 Å². The van der Waals surface area contributed by atoms with Crippen molar-refractivity contribution < 1.29 is 4.79 Å². The highest BCUT2D eigenvalue weighted by Crippen LogP contribution is 1.92. The van der Waals surface area contributed by atoms with Gasteiger partial charge in [0.15, 0.2) is 0 Å². The predicted octanol–water partition coefficient (Wildman–Crippen LogP) is 1.67. The molecule has 0 aromatic rings. The Morgan fingerprint density at radius 1 is 1.29 bits per heavy atom. The van der Waals surface area contributed by atoms with Gasteiger partial charge in [0.2, 0.25) is 5.91 Å². The minimum Gasteiger partial charge on any atom is -0.356 e. The van der Waals surface area contributed by atoms with E-state index in [0.717, 1.165) is 32.4 Å². The van der Waals surface area contributed by atoms with Crippen molar-refractivity contribution in [2.45, 2.75) is 32.6 Å². The summed E-state index contributed by atoms with van der Waals surface area (Å²) in [6.07, 6.45) is 3.80. The van der Waals surface area contributed by atoms with Crippen molar-refractivity contribution in [2.75, 3.05) is 27.2 Å². The van der Waals surface area contributed by atoms with Gasteiger partial charge in [0.1, 0.15) is 0 Å². The van der Waals surface area contributed by atoms with Crippen molar-refractivity contribution in [3.63, 3.8) is 0 Å². The summed E-state index contributed by atoms with van der Waals surface area (Å²) < 4.78 is 0. The number of halogens is 1. The molecule has 4 heteroatoms. The van der Waals surface area contributed by atoms with Gasteiger partial charge in [0.25, 0.3) is 0 Å². The SMILES string of the molecule is CCCCC(=O)NCCCN(C)C.Cl. The number of nitrogens with zero attached hydrogens (tertiary/aromatic N) is 1. The van der Waals surface area contributed by atoms with Crippen molar-refractivity contribution in [1.29, 1.82) is 0 Å². The molecule has 0 spiro atoms. The van der Waals surface area contributed by atoms with Gasteiger partial charge in [-0.25, -0.2) is 0 Å². The second kappa shape index (κ2) is 10.8. The van der Waals surface area contributed by atoms with E-state index in [0.29, 0.717) is 6.42 Å². The predicted molar refractivity (Wildman–Crippen MR) is 63.0 cm³/mol. The lowest BCUT2D eigenvalue weighted by Gasteiger charge is -2.09. The Bertz CT molecular complexity index is 140. The lowest BCUT2D eigenvalue weighted by molar-refractivity contribution is -0.121. The average Bonchev–Trinajstić information content (AvgIpc) is 2.08. The minimum absolute atomic E-state index is 0. The monoisotopic (exact) mass is 222 g/mol. The van der Waals surface area contributed by atoms with E-state index in [2.05, 4.69) is 17.1 Å². The zero-order chi connectivity index (χ0) is 10.1. The van der Waals surface area contributed by atoms with Crippen LogP contribution in [-0.2, 0) is 4.79 Å². The van der Waals surface area contributed by atoms with E-state index in [1.54, 1.807) is 0 Å². The van der Waals surface area contributed by atoms with E-state index in [9.17, 15) is 4.79 Å². The van der Waals surface area contributed by atoms with Crippen molar-refractivity contribution >= 4 is 18.3 Å². The van der Waals surface area contributed by atoms with E-state index in [-0.39, 0.29) is 18.3 Å². The Labute approximate surface area is 93.6 Å². The number of unbranched alkanes of at least 4 members (excludes halogenated alkanes) is 1. The first kappa shape index (κ1) is 16.2. The first-order valence-electron chi connectivity index (χ1n) is 5.08. The summed E-state index contributed by atoms with van der Waals surface area (Å²) in [4.78, 5) is 13.2. The molecular weight excluding hydrogens is 200 g/mol. The Balaban J connectivity index is 0. The van der Waals surface area contributed by atoms with Crippen LogP contribution in [0.1, 0.15) is 32.6 Å². The fourth-order valence-electron chi connectivity index (χ4n) is 1.05. The lowest BCUT2D eigenvalue weighted by atomic mass is 10.2. The van der Waals surface area contributed by atoms with Crippen molar-refractivity contribution in [1.82, 2.24) is 10.2 Å². The molecule has 0 atom stereocenters. The Hall–Kier alpha value is -0.280. The third kappa shape index (κ3) is 11.7. The second-order valence-electron chi connectivity index (χ2n) is 3.61. The molecule has 0 radical (unpaired) electrons. The highest BCUT2D eigenvalue weighted by molar-refractivity contribution is 5.85. The Morgan fingerprint density at radius 2 is 1.93 bits per heavy atom.